The van der Waals surface area contributed by atoms with Crippen molar-refractivity contribution in [3.63, 3.8) is 0 Å². The Morgan fingerprint density at radius 1 is 0.875 bits per heavy atom. The Balaban J connectivity index is 0.00000451. The summed E-state index contributed by atoms with van der Waals surface area (Å²) in [5, 5.41) is 6.73. The van der Waals surface area contributed by atoms with Gasteiger partial charge in [0.25, 0.3) is 5.91 Å². The number of nitrogens with two attached hydrogens (primary N) is 1. The van der Waals surface area contributed by atoms with E-state index >= 15 is 0 Å². The second kappa shape index (κ2) is 16.1. The summed E-state index contributed by atoms with van der Waals surface area (Å²) < 4.78 is 6.37. The number of ether oxygens (including phenoxy) is 1. The van der Waals surface area contributed by atoms with E-state index in [9.17, 15) is 9.59 Å². The minimum atomic E-state index is -0.536. The van der Waals surface area contributed by atoms with Crippen molar-refractivity contribution in [2.24, 2.45) is 5.73 Å². The molecule has 48 heavy (non-hydrogen) atoms. The van der Waals surface area contributed by atoms with Gasteiger partial charge in [-0.3, -0.25) is 20.2 Å². The molecule has 2 unspecified atom stereocenters. The van der Waals surface area contributed by atoms with Crippen molar-refractivity contribution in [2.45, 2.75) is 51.2 Å². The van der Waals surface area contributed by atoms with Crippen LogP contribution in [0.25, 0.3) is 22.3 Å². The van der Waals surface area contributed by atoms with Gasteiger partial charge in [0.2, 0.25) is 5.91 Å². The maximum atomic E-state index is 14.0. The molecule has 0 spiro atoms. The highest BCUT2D eigenvalue weighted by Crippen LogP contribution is 2.39. The molecule has 1 aliphatic rings. The number of fused-ring (bicyclic) bond motifs is 1. The van der Waals surface area contributed by atoms with E-state index in [4.69, 9.17) is 22.1 Å². The third-order valence-corrected chi connectivity index (χ3v) is 8.94. The molecule has 0 radical (unpaired) electrons. The van der Waals surface area contributed by atoms with Gasteiger partial charge in [-0.1, -0.05) is 91.3 Å². The fraction of sp³-hybridized carbons (Fsp3) is 0.200. The first-order chi connectivity index (χ1) is 22.9. The molecular formula is C40H39Cl2N3O3. The van der Waals surface area contributed by atoms with Crippen LogP contribution in [-0.4, -0.2) is 17.9 Å². The van der Waals surface area contributed by atoms with E-state index in [0.717, 1.165) is 36.0 Å². The smallest absolute Gasteiger partial charge is 0.258 e. The van der Waals surface area contributed by atoms with Crippen molar-refractivity contribution < 1.29 is 14.3 Å². The second-order valence-electron chi connectivity index (χ2n) is 11.8. The van der Waals surface area contributed by atoms with E-state index in [1.807, 2.05) is 85.8 Å². The third-order valence-electron chi connectivity index (χ3n) is 8.70. The van der Waals surface area contributed by atoms with Crippen LogP contribution < -0.4 is 21.1 Å². The maximum absolute atomic E-state index is 14.0. The number of carbonyl (C=O) groups excluding carboxylic acids is 2. The average Bonchev–Trinajstić information content (AvgIpc) is 3.11. The van der Waals surface area contributed by atoms with E-state index in [1.54, 1.807) is 18.2 Å². The van der Waals surface area contributed by atoms with Crippen molar-refractivity contribution >= 4 is 35.8 Å². The lowest BCUT2D eigenvalue weighted by molar-refractivity contribution is -0.122. The van der Waals surface area contributed by atoms with Gasteiger partial charge >= 0.3 is 0 Å². The van der Waals surface area contributed by atoms with Gasteiger partial charge in [0.15, 0.2) is 0 Å². The zero-order valence-corrected chi connectivity index (χ0v) is 28.3. The molecule has 5 aromatic carbocycles. The van der Waals surface area contributed by atoms with Gasteiger partial charge in [0, 0.05) is 34.8 Å². The monoisotopic (exact) mass is 679 g/mol. The number of imide groups is 1. The number of nitrogens with one attached hydrogen (secondary N) is 2. The lowest BCUT2D eigenvalue weighted by atomic mass is 9.87. The second-order valence-corrected chi connectivity index (χ2v) is 12.2. The van der Waals surface area contributed by atoms with Crippen LogP contribution in [0, 0.1) is 0 Å². The van der Waals surface area contributed by atoms with E-state index in [2.05, 4.69) is 28.8 Å². The highest BCUT2D eigenvalue weighted by atomic mass is 35.5. The summed E-state index contributed by atoms with van der Waals surface area (Å²) >= 11 is 6.46. The molecule has 0 saturated carbocycles. The average molecular weight is 681 g/mol. The first-order valence-corrected chi connectivity index (χ1v) is 16.5. The van der Waals surface area contributed by atoms with Crippen molar-refractivity contribution in [3.8, 4) is 33.8 Å². The molecule has 246 valence electrons. The highest BCUT2D eigenvalue weighted by Gasteiger charge is 2.27. The standard InChI is InChI=1S/C40H38ClN3O3.ClH/c1-2-36(43-37-17-9-14-28-13-6-7-16-32(28)37)40(46)44-39(45)34-20-18-29(27-11-4-3-5-12-27)23-35(34)33-21-19-30(41)24-38(33)47-31-15-8-10-26(22-31)25-42;/h3-8,10-13,15-16,18-24,36-37,43H,2,9,14,17,25,42H2,1H3,(H,44,45,46);1H. The molecular weight excluding hydrogens is 641 g/mol. The van der Waals surface area contributed by atoms with Gasteiger partial charge in [-0.05, 0) is 95.5 Å². The predicted octanol–water partition coefficient (Wildman–Crippen LogP) is 9.05. The molecule has 1 aliphatic carbocycles. The van der Waals surface area contributed by atoms with Crippen LogP contribution in [0.5, 0.6) is 11.5 Å². The Morgan fingerprint density at radius 2 is 1.67 bits per heavy atom. The van der Waals surface area contributed by atoms with Gasteiger partial charge in [-0.25, -0.2) is 0 Å². The maximum Gasteiger partial charge on any atom is 0.258 e. The van der Waals surface area contributed by atoms with Gasteiger partial charge in [0.05, 0.1) is 6.04 Å². The molecule has 5 aromatic rings. The van der Waals surface area contributed by atoms with Gasteiger partial charge in [0.1, 0.15) is 11.5 Å². The molecule has 6 nitrogen and oxygen atoms in total. The number of carbonyl (C=O) groups is 2. The summed E-state index contributed by atoms with van der Waals surface area (Å²) in [6, 6.07) is 36.3. The summed E-state index contributed by atoms with van der Waals surface area (Å²) in [6.07, 6.45) is 3.55. The van der Waals surface area contributed by atoms with Gasteiger partial charge < -0.3 is 10.5 Å². The molecule has 0 saturated heterocycles. The number of hydrogen-bond acceptors (Lipinski definition) is 5. The van der Waals surface area contributed by atoms with Gasteiger partial charge in [-0.2, -0.15) is 0 Å². The van der Waals surface area contributed by atoms with E-state index in [-0.39, 0.29) is 24.4 Å². The topological polar surface area (TPSA) is 93.5 Å². The fourth-order valence-electron chi connectivity index (χ4n) is 6.26. The van der Waals surface area contributed by atoms with E-state index in [1.165, 1.54) is 11.1 Å². The fourth-order valence-corrected chi connectivity index (χ4v) is 6.42. The zero-order chi connectivity index (χ0) is 32.8. The lowest BCUT2D eigenvalue weighted by Gasteiger charge is -2.29. The third kappa shape index (κ3) is 7.97. The predicted molar refractivity (Wildman–Crippen MR) is 196 cm³/mol. The quantitative estimate of drug-likeness (QED) is 0.137. The summed E-state index contributed by atoms with van der Waals surface area (Å²) in [6.45, 7) is 2.32. The molecule has 8 heteroatoms. The highest BCUT2D eigenvalue weighted by molar-refractivity contribution is 6.30. The molecule has 2 atom stereocenters. The first-order valence-electron chi connectivity index (χ1n) is 16.1. The minimum absolute atomic E-state index is 0. The molecule has 0 bridgehead atoms. The molecule has 4 N–H and O–H groups in total. The van der Waals surface area contributed by atoms with Crippen LogP contribution in [0.1, 0.15) is 59.3 Å². The molecule has 2 amide bonds. The van der Waals surface area contributed by atoms with Gasteiger partial charge in [-0.15, -0.1) is 12.4 Å². The normalized spacial score (nSPS) is 14.3. The van der Waals surface area contributed by atoms with Crippen LogP contribution in [0.4, 0.5) is 0 Å². The number of halogens is 2. The number of hydrogen-bond donors (Lipinski definition) is 3. The van der Waals surface area contributed by atoms with Crippen LogP contribution in [0.2, 0.25) is 5.02 Å². The van der Waals surface area contributed by atoms with Crippen LogP contribution >= 0.6 is 24.0 Å². The van der Waals surface area contributed by atoms with Crippen LogP contribution in [0.3, 0.4) is 0 Å². The molecule has 0 fully saturated rings. The summed E-state index contributed by atoms with van der Waals surface area (Å²) in [5.74, 6) is 0.226. The Bertz CT molecular complexity index is 1900. The Hall–Kier alpha value is -4.46. The Labute approximate surface area is 293 Å². The zero-order valence-electron chi connectivity index (χ0n) is 26.7. The number of aryl methyl sites for hydroxylation is 1. The molecule has 6 rings (SSSR count). The largest absolute Gasteiger partial charge is 0.457 e. The van der Waals surface area contributed by atoms with Crippen molar-refractivity contribution in [2.75, 3.05) is 0 Å². The number of amides is 2. The Kier molecular flexibility index (Phi) is 11.7. The molecule has 0 heterocycles. The van der Waals surface area contributed by atoms with Crippen molar-refractivity contribution in [3.05, 3.63) is 143 Å². The summed E-state index contributed by atoms with van der Waals surface area (Å²) in [4.78, 5) is 27.6. The Morgan fingerprint density at radius 3 is 2.46 bits per heavy atom. The van der Waals surface area contributed by atoms with Crippen molar-refractivity contribution in [1.82, 2.24) is 10.6 Å². The van der Waals surface area contributed by atoms with Crippen molar-refractivity contribution in [1.29, 1.82) is 0 Å². The summed E-state index contributed by atoms with van der Waals surface area (Å²) in [7, 11) is 0. The number of benzene rings is 5. The lowest BCUT2D eigenvalue weighted by Crippen LogP contribution is -2.47. The van der Waals surface area contributed by atoms with Crippen LogP contribution in [0.15, 0.2) is 115 Å². The molecule has 0 aromatic heterocycles. The minimum Gasteiger partial charge on any atom is -0.457 e. The first kappa shape index (κ1) is 34.9. The molecule has 0 aliphatic heterocycles. The van der Waals surface area contributed by atoms with Crippen LogP contribution in [-0.2, 0) is 17.8 Å². The van der Waals surface area contributed by atoms with E-state index in [0.29, 0.717) is 46.2 Å². The SMILES string of the molecule is CCC(NC1CCCc2ccccc21)C(=O)NC(=O)c1ccc(-c2ccccc2)cc1-c1ccc(Cl)cc1Oc1cccc(CN)c1.Cl. The summed E-state index contributed by atoms with van der Waals surface area (Å²) in [5.41, 5.74) is 12.9. The van der Waals surface area contributed by atoms with E-state index < -0.39 is 11.9 Å². The number of rotatable bonds is 10.